The van der Waals surface area contributed by atoms with Crippen molar-refractivity contribution in [1.29, 1.82) is 0 Å². The summed E-state index contributed by atoms with van der Waals surface area (Å²) >= 11 is 0. The normalized spacial score (nSPS) is 28.1. The molecule has 0 radical (unpaired) electrons. The Bertz CT molecular complexity index is 431. The summed E-state index contributed by atoms with van der Waals surface area (Å²) in [7, 11) is 0. The van der Waals surface area contributed by atoms with Crippen LogP contribution in [0.25, 0.3) is 0 Å². The van der Waals surface area contributed by atoms with Crippen LogP contribution >= 0.6 is 0 Å². The lowest BCUT2D eigenvalue weighted by atomic mass is 9.86. The quantitative estimate of drug-likeness (QED) is 0.882. The van der Waals surface area contributed by atoms with Gasteiger partial charge >= 0.3 is 0 Å². The third-order valence-corrected chi connectivity index (χ3v) is 4.89. The fraction of sp³-hybridized carbons (Fsp3) is 0.867. The van der Waals surface area contributed by atoms with E-state index in [1.807, 2.05) is 4.68 Å². The summed E-state index contributed by atoms with van der Waals surface area (Å²) in [4.78, 5) is 4.86. The fourth-order valence-electron chi connectivity index (χ4n) is 3.67. The molecule has 0 aromatic carbocycles. The SMILES string of the molecule is NC1CCC(c2nc(C3CCCC3)nn2CCO)CC1. The molecule has 1 aromatic rings. The van der Waals surface area contributed by atoms with Crippen LogP contribution in [0.3, 0.4) is 0 Å². The molecule has 0 spiro atoms. The van der Waals surface area contributed by atoms with Gasteiger partial charge in [0.25, 0.3) is 0 Å². The zero-order valence-electron chi connectivity index (χ0n) is 12.2. The number of aromatic nitrogens is 3. The molecular formula is C15H26N4O. The second kappa shape index (κ2) is 6.22. The van der Waals surface area contributed by atoms with Crippen molar-refractivity contribution in [2.24, 2.45) is 5.73 Å². The predicted octanol–water partition coefficient (Wildman–Crippen LogP) is 1.91. The zero-order chi connectivity index (χ0) is 13.9. The van der Waals surface area contributed by atoms with Gasteiger partial charge in [-0.25, -0.2) is 9.67 Å². The highest BCUT2D eigenvalue weighted by atomic mass is 16.3. The summed E-state index contributed by atoms with van der Waals surface area (Å²) in [6.45, 7) is 0.699. The second-order valence-corrected chi connectivity index (χ2v) is 6.37. The third kappa shape index (κ3) is 2.88. The second-order valence-electron chi connectivity index (χ2n) is 6.37. The van der Waals surface area contributed by atoms with Crippen molar-refractivity contribution in [2.45, 2.75) is 75.8 Å². The van der Waals surface area contributed by atoms with E-state index < -0.39 is 0 Å². The van der Waals surface area contributed by atoms with Crippen molar-refractivity contribution in [3.8, 4) is 0 Å². The summed E-state index contributed by atoms with van der Waals surface area (Å²) in [5.74, 6) is 3.12. The van der Waals surface area contributed by atoms with Crippen LogP contribution in [-0.2, 0) is 6.54 Å². The molecule has 2 saturated carbocycles. The maximum Gasteiger partial charge on any atom is 0.154 e. The summed E-state index contributed by atoms with van der Waals surface area (Å²) in [6.07, 6.45) is 9.41. The number of hydrogen-bond donors (Lipinski definition) is 2. The number of aliphatic hydroxyl groups is 1. The van der Waals surface area contributed by atoms with E-state index in [9.17, 15) is 5.11 Å². The molecule has 0 amide bonds. The molecule has 0 aliphatic heterocycles. The molecule has 2 aliphatic carbocycles. The molecule has 0 bridgehead atoms. The minimum atomic E-state index is 0.132. The van der Waals surface area contributed by atoms with E-state index in [2.05, 4.69) is 0 Å². The van der Waals surface area contributed by atoms with Gasteiger partial charge in [0.15, 0.2) is 5.82 Å². The standard InChI is InChI=1S/C15H26N4O/c16-13-7-5-12(6-8-13)15-17-14(11-3-1-2-4-11)18-19(15)9-10-20/h11-13,20H,1-10,16H2. The first-order valence-corrected chi connectivity index (χ1v) is 8.09. The number of nitrogens with two attached hydrogens (primary N) is 1. The molecule has 0 unspecified atom stereocenters. The Kier molecular flexibility index (Phi) is 4.36. The average molecular weight is 278 g/mol. The first kappa shape index (κ1) is 14.0. The van der Waals surface area contributed by atoms with Gasteiger partial charge in [-0.1, -0.05) is 12.8 Å². The van der Waals surface area contributed by atoms with E-state index in [1.165, 1.54) is 25.7 Å². The van der Waals surface area contributed by atoms with Gasteiger partial charge in [-0.05, 0) is 38.5 Å². The lowest BCUT2D eigenvalue weighted by molar-refractivity contribution is 0.262. The number of hydrogen-bond acceptors (Lipinski definition) is 4. The molecule has 2 aliphatic rings. The molecule has 1 heterocycles. The Morgan fingerprint density at radius 3 is 2.40 bits per heavy atom. The van der Waals surface area contributed by atoms with Gasteiger partial charge in [0, 0.05) is 17.9 Å². The first-order valence-electron chi connectivity index (χ1n) is 8.09. The summed E-state index contributed by atoms with van der Waals surface area (Å²) < 4.78 is 1.95. The smallest absolute Gasteiger partial charge is 0.154 e. The van der Waals surface area contributed by atoms with Gasteiger partial charge in [0.2, 0.25) is 0 Å². The average Bonchev–Trinajstić information content (AvgIpc) is 3.09. The molecule has 0 saturated heterocycles. The molecule has 3 rings (SSSR count). The molecule has 2 fully saturated rings. The van der Waals surface area contributed by atoms with Crippen LogP contribution in [0.4, 0.5) is 0 Å². The van der Waals surface area contributed by atoms with Crippen LogP contribution in [0.15, 0.2) is 0 Å². The van der Waals surface area contributed by atoms with Crippen LogP contribution in [0.1, 0.15) is 74.9 Å². The molecule has 0 atom stereocenters. The van der Waals surface area contributed by atoms with Gasteiger partial charge in [0.05, 0.1) is 13.2 Å². The van der Waals surface area contributed by atoms with Gasteiger partial charge in [-0.2, -0.15) is 5.10 Å². The minimum Gasteiger partial charge on any atom is -0.394 e. The summed E-state index contributed by atoms with van der Waals surface area (Å²) in [5, 5.41) is 13.9. The number of nitrogens with zero attached hydrogens (tertiary/aromatic N) is 3. The summed E-state index contributed by atoms with van der Waals surface area (Å²) in [6, 6.07) is 0.356. The van der Waals surface area contributed by atoms with Crippen molar-refractivity contribution >= 4 is 0 Å². The molecule has 5 heteroatoms. The van der Waals surface area contributed by atoms with Crippen LogP contribution in [0.5, 0.6) is 0 Å². The van der Waals surface area contributed by atoms with Gasteiger partial charge in [-0.3, -0.25) is 0 Å². The van der Waals surface area contributed by atoms with Crippen molar-refractivity contribution in [3.63, 3.8) is 0 Å². The monoisotopic (exact) mass is 278 g/mol. The largest absolute Gasteiger partial charge is 0.394 e. The lowest BCUT2D eigenvalue weighted by Crippen LogP contribution is -2.27. The van der Waals surface area contributed by atoms with Crippen molar-refractivity contribution in [1.82, 2.24) is 14.8 Å². The van der Waals surface area contributed by atoms with Crippen LogP contribution in [-0.4, -0.2) is 32.5 Å². The first-order chi connectivity index (χ1) is 9.78. The van der Waals surface area contributed by atoms with Gasteiger partial charge in [0.1, 0.15) is 5.82 Å². The number of aliphatic hydroxyl groups excluding tert-OH is 1. The van der Waals surface area contributed by atoms with E-state index >= 15 is 0 Å². The van der Waals surface area contributed by atoms with E-state index in [-0.39, 0.29) is 6.61 Å². The van der Waals surface area contributed by atoms with E-state index in [0.717, 1.165) is 37.3 Å². The van der Waals surface area contributed by atoms with Crippen molar-refractivity contribution < 1.29 is 5.11 Å². The molecule has 112 valence electrons. The van der Waals surface area contributed by atoms with Crippen molar-refractivity contribution in [3.05, 3.63) is 11.6 Å². The highest BCUT2D eigenvalue weighted by Crippen LogP contribution is 2.35. The fourth-order valence-corrected chi connectivity index (χ4v) is 3.67. The minimum absolute atomic E-state index is 0.132. The lowest BCUT2D eigenvalue weighted by Gasteiger charge is -2.25. The van der Waals surface area contributed by atoms with Crippen LogP contribution in [0.2, 0.25) is 0 Å². The Labute approximate surface area is 120 Å². The Balaban J connectivity index is 1.80. The Hall–Kier alpha value is -0.940. The van der Waals surface area contributed by atoms with E-state index in [4.69, 9.17) is 15.8 Å². The molecule has 20 heavy (non-hydrogen) atoms. The highest BCUT2D eigenvalue weighted by molar-refractivity contribution is 5.07. The van der Waals surface area contributed by atoms with Gasteiger partial charge < -0.3 is 10.8 Å². The predicted molar refractivity (Wildman–Crippen MR) is 77.5 cm³/mol. The van der Waals surface area contributed by atoms with E-state index in [1.54, 1.807) is 0 Å². The topological polar surface area (TPSA) is 77.0 Å². The maximum absolute atomic E-state index is 9.25. The van der Waals surface area contributed by atoms with E-state index in [0.29, 0.717) is 24.4 Å². The van der Waals surface area contributed by atoms with Crippen molar-refractivity contribution in [2.75, 3.05) is 6.61 Å². The summed E-state index contributed by atoms with van der Waals surface area (Å²) in [5.41, 5.74) is 5.99. The molecular weight excluding hydrogens is 252 g/mol. The maximum atomic E-state index is 9.25. The third-order valence-electron chi connectivity index (χ3n) is 4.89. The Morgan fingerprint density at radius 2 is 1.75 bits per heavy atom. The van der Waals surface area contributed by atoms with Crippen LogP contribution in [0, 0.1) is 0 Å². The molecule has 5 nitrogen and oxygen atoms in total. The number of rotatable bonds is 4. The molecule has 1 aromatic heterocycles. The molecule has 3 N–H and O–H groups in total. The van der Waals surface area contributed by atoms with Gasteiger partial charge in [-0.15, -0.1) is 0 Å². The Morgan fingerprint density at radius 1 is 1.05 bits per heavy atom. The van der Waals surface area contributed by atoms with Crippen LogP contribution < -0.4 is 5.73 Å². The zero-order valence-corrected chi connectivity index (χ0v) is 12.2. The highest BCUT2D eigenvalue weighted by Gasteiger charge is 2.28.